The molecule has 3 N–H and O–H groups in total. The SMILES string of the molecule is Cc1cc(C=NNC(=O)c2cccs2)c(C)n1-c1ccc(S(N)(=O)=O)cc1. The molecule has 0 aliphatic carbocycles. The number of thiophene rings is 1. The third-order valence-electron chi connectivity index (χ3n) is 4.01. The number of aromatic nitrogens is 1. The number of hydrogen-bond acceptors (Lipinski definition) is 5. The second kappa shape index (κ2) is 7.47. The Morgan fingerprint density at radius 2 is 1.93 bits per heavy atom. The van der Waals surface area contributed by atoms with Crippen LogP contribution in [0.25, 0.3) is 5.69 Å². The van der Waals surface area contributed by atoms with E-state index in [4.69, 9.17) is 5.14 Å². The zero-order valence-electron chi connectivity index (χ0n) is 14.7. The van der Waals surface area contributed by atoms with Crippen molar-refractivity contribution < 1.29 is 13.2 Å². The molecule has 2 heterocycles. The van der Waals surface area contributed by atoms with E-state index in [0.717, 1.165) is 22.6 Å². The van der Waals surface area contributed by atoms with E-state index in [1.807, 2.05) is 29.9 Å². The lowest BCUT2D eigenvalue weighted by molar-refractivity contribution is 0.0959. The molecule has 1 amide bonds. The quantitative estimate of drug-likeness (QED) is 0.506. The summed E-state index contributed by atoms with van der Waals surface area (Å²) in [7, 11) is -3.73. The van der Waals surface area contributed by atoms with Crippen molar-refractivity contribution in [2.24, 2.45) is 10.2 Å². The van der Waals surface area contributed by atoms with Crippen LogP contribution in [0.5, 0.6) is 0 Å². The molecule has 0 spiro atoms. The van der Waals surface area contributed by atoms with E-state index in [-0.39, 0.29) is 10.8 Å². The summed E-state index contributed by atoms with van der Waals surface area (Å²) in [6, 6.07) is 11.8. The van der Waals surface area contributed by atoms with Gasteiger partial charge in [-0.3, -0.25) is 4.79 Å². The van der Waals surface area contributed by atoms with Crippen molar-refractivity contribution in [2.45, 2.75) is 18.7 Å². The Hall–Kier alpha value is -2.75. The fourth-order valence-corrected chi connectivity index (χ4v) is 3.85. The highest BCUT2D eigenvalue weighted by Gasteiger charge is 2.12. The Bertz CT molecular complexity index is 1100. The number of hydrogen-bond donors (Lipinski definition) is 2. The van der Waals surface area contributed by atoms with Crippen LogP contribution in [0.2, 0.25) is 0 Å². The summed E-state index contributed by atoms with van der Waals surface area (Å²) in [5.41, 5.74) is 6.01. The molecule has 7 nitrogen and oxygen atoms in total. The predicted octanol–water partition coefficient (Wildman–Crippen LogP) is 2.57. The molecule has 0 fully saturated rings. The molecule has 0 saturated carbocycles. The van der Waals surface area contributed by atoms with Crippen LogP contribution in [-0.2, 0) is 10.0 Å². The van der Waals surface area contributed by atoms with Gasteiger partial charge in [0.2, 0.25) is 10.0 Å². The first-order valence-electron chi connectivity index (χ1n) is 7.96. The van der Waals surface area contributed by atoms with Gasteiger partial charge in [-0.25, -0.2) is 19.0 Å². The van der Waals surface area contributed by atoms with Crippen molar-refractivity contribution in [1.29, 1.82) is 0 Å². The van der Waals surface area contributed by atoms with Crippen LogP contribution in [0.1, 0.15) is 26.6 Å². The zero-order valence-corrected chi connectivity index (χ0v) is 16.3. The van der Waals surface area contributed by atoms with Crippen molar-refractivity contribution in [3.63, 3.8) is 0 Å². The van der Waals surface area contributed by atoms with Gasteiger partial charge in [-0.05, 0) is 55.6 Å². The second-order valence-electron chi connectivity index (χ2n) is 5.88. The molecular formula is C18H18N4O3S2. The summed E-state index contributed by atoms with van der Waals surface area (Å²) in [6.45, 7) is 3.85. The number of amides is 1. The molecule has 0 unspecified atom stereocenters. The van der Waals surface area contributed by atoms with Crippen LogP contribution < -0.4 is 10.6 Å². The minimum atomic E-state index is -3.73. The maximum Gasteiger partial charge on any atom is 0.281 e. The molecule has 9 heteroatoms. The zero-order chi connectivity index (χ0) is 19.6. The minimum absolute atomic E-state index is 0.0618. The number of nitrogens with one attached hydrogen (secondary N) is 1. The Kier molecular flexibility index (Phi) is 5.26. The van der Waals surface area contributed by atoms with Crippen LogP contribution in [0.4, 0.5) is 0 Å². The molecule has 0 atom stereocenters. The number of nitrogens with two attached hydrogens (primary N) is 1. The summed E-state index contributed by atoms with van der Waals surface area (Å²) < 4.78 is 24.8. The highest BCUT2D eigenvalue weighted by atomic mass is 32.2. The standard InChI is InChI=1S/C18H18N4O3S2/c1-12-10-14(11-20-21-18(23)17-4-3-9-26-17)13(2)22(12)15-5-7-16(8-6-15)27(19,24)25/h3-11H,1-2H3,(H,21,23)(H2,19,24,25). The third-order valence-corrected chi connectivity index (χ3v) is 5.81. The Morgan fingerprint density at radius 3 is 2.52 bits per heavy atom. The van der Waals surface area contributed by atoms with Crippen molar-refractivity contribution in [3.05, 3.63) is 69.7 Å². The number of hydrazone groups is 1. The molecule has 0 aliphatic heterocycles. The number of nitrogens with zero attached hydrogens (tertiary/aromatic N) is 2. The maximum absolute atomic E-state index is 11.9. The van der Waals surface area contributed by atoms with Gasteiger partial charge >= 0.3 is 0 Å². The first-order valence-corrected chi connectivity index (χ1v) is 10.4. The average Bonchev–Trinajstić information content (AvgIpc) is 3.23. The van der Waals surface area contributed by atoms with E-state index in [0.29, 0.717) is 4.88 Å². The van der Waals surface area contributed by atoms with Crippen molar-refractivity contribution in [1.82, 2.24) is 9.99 Å². The minimum Gasteiger partial charge on any atom is -0.318 e. The van der Waals surface area contributed by atoms with Gasteiger partial charge in [0, 0.05) is 22.6 Å². The number of rotatable bonds is 5. The fourth-order valence-electron chi connectivity index (χ4n) is 2.72. The second-order valence-corrected chi connectivity index (χ2v) is 8.39. The summed E-state index contributed by atoms with van der Waals surface area (Å²) in [4.78, 5) is 12.6. The van der Waals surface area contributed by atoms with E-state index in [1.54, 1.807) is 30.5 Å². The summed E-state index contributed by atoms with van der Waals surface area (Å²) in [6.07, 6.45) is 1.59. The number of benzene rings is 1. The van der Waals surface area contributed by atoms with E-state index < -0.39 is 10.0 Å². The van der Waals surface area contributed by atoms with Gasteiger partial charge in [0.15, 0.2) is 0 Å². The van der Waals surface area contributed by atoms with Crippen molar-refractivity contribution in [3.8, 4) is 5.69 Å². The van der Waals surface area contributed by atoms with Crippen LogP contribution in [0, 0.1) is 13.8 Å². The molecular weight excluding hydrogens is 384 g/mol. The first kappa shape index (κ1) is 19.0. The monoisotopic (exact) mass is 402 g/mol. The number of primary sulfonamides is 1. The largest absolute Gasteiger partial charge is 0.318 e. The highest BCUT2D eigenvalue weighted by molar-refractivity contribution is 7.89. The van der Waals surface area contributed by atoms with E-state index in [1.165, 1.54) is 23.5 Å². The number of aryl methyl sites for hydroxylation is 1. The third kappa shape index (κ3) is 4.16. The lowest BCUT2D eigenvalue weighted by atomic mass is 10.2. The topological polar surface area (TPSA) is 107 Å². The highest BCUT2D eigenvalue weighted by Crippen LogP contribution is 2.21. The normalized spacial score (nSPS) is 11.8. The summed E-state index contributed by atoms with van der Waals surface area (Å²) in [5, 5.41) is 11.0. The van der Waals surface area contributed by atoms with Crippen LogP contribution in [-0.4, -0.2) is 25.1 Å². The molecule has 0 bridgehead atoms. The molecule has 0 aliphatic rings. The maximum atomic E-state index is 11.9. The van der Waals surface area contributed by atoms with Crippen molar-refractivity contribution in [2.75, 3.05) is 0 Å². The Morgan fingerprint density at radius 1 is 1.22 bits per heavy atom. The molecule has 3 rings (SSSR count). The molecule has 1 aromatic carbocycles. The van der Waals surface area contributed by atoms with Gasteiger partial charge in [-0.1, -0.05) is 6.07 Å². The van der Waals surface area contributed by atoms with Gasteiger partial charge in [0.1, 0.15) is 0 Å². The molecule has 140 valence electrons. The van der Waals surface area contributed by atoms with Crippen LogP contribution in [0.15, 0.2) is 57.8 Å². The van der Waals surface area contributed by atoms with E-state index in [9.17, 15) is 13.2 Å². The fraction of sp³-hybridized carbons (Fsp3) is 0.111. The first-order chi connectivity index (χ1) is 12.8. The molecule has 0 radical (unpaired) electrons. The van der Waals surface area contributed by atoms with Gasteiger partial charge < -0.3 is 4.57 Å². The molecule has 27 heavy (non-hydrogen) atoms. The number of carbonyl (C=O) groups is 1. The smallest absolute Gasteiger partial charge is 0.281 e. The number of carbonyl (C=O) groups excluding carboxylic acids is 1. The van der Waals surface area contributed by atoms with E-state index in [2.05, 4.69) is 10.5 Å². The molecule has 0 saturated heterocycles. The summed E-state index contributed by atoms with van der Waals surface area (Å²) >= 11 is 1.35. The van der Waals surface area contributed by atoms with E-state index >= 15 is 0 Å². The van der Waals surface area contributed by atoms with Gasteiger partial charge in [-0.2, -0.15) is 5.10 Å². The average molecular weight is 403 g/mol. The van der Waals surface area contributed by atoms with Crippen molar-refractivity contribution >= 4 is 33.5 Å². The number of sulfonamides is 1. The Balaban J connectivity index is 1.82. The van der Waals surface area contributed by atoms with Gasteiger partial charge in [0.25, 0.3) is 5.91 Å². The lowest BCUT2D eigenvalue weighted by Gasteiger charge is -2.10. The lowest BCUT2D eigenvalue weighted by Crippen LogP contribution is -2.16. The molecule has 2 aromatic heterocycles. The summed E-state index contributed by atoms with van der Waals surface area (Å²) in [5.74, 6) is -0.256. The van der Waals surface area contributed by atoms with Gasteiger partial charge in [0.05, 0.1) is 16.0 Å². The van der Waals surface area contributed by atoms with Crippen LogP contribution >= 0.6 is 11.3 Å². The van der Waals surface area contributed by atoms with Gasteiger partial charge in [-0.15, -0.1) is 11.3 Å². The predicted molar refractivity (Wildman–Crippen MR) is 106 cm³/mol. The Labute approximate surface area is 161 Å². The van der Waals surface area contributed by atoms with Crippen LogP contribution in [0.3, 0.4) is 0 Å². The molecule has 3 aromatic rings.